The summed E-state index contributed by atoms with van der Waals surface area (Å²) in [4.78, 5) is 19.6. The SMILES string of the molecule is O=C(CSc1ncccn1)N/N=C\c1ccccc1Br. The van der Waals surface area contributed by atoms with Crippen molar-refractivity contribution in [2.75, 3.05) is 5.75 Å². The Balaban J connectivity index is 1.79. The van der Waals surface area contributed by atoms with Gasteiger partial charge in [-0.2, -0.15) is 5.10 Å². The van der Waals surface area contributed by atoms with Crippen LogP contribution in [0.4, 0.5) is 0 Å². The fourth-order valence-electron chi connectivity index (χ4n) is 1.28. The van der Waals surface area contributed by atoms with Crippen molar-refractivity contribution in [3.8, 4) is 0 Å². The Morgan fingerprint density at radius 2 is 2.05 bits per heavy atom. The molecule has 0 radical (unpaired) electrons. The number of hydrazone groups is 1. The van der Waals surface area contributed by atoms with E-state index in [0.717, 1.165) is 10.0 Å². The first-order valence-corrected chi connectivity index (χ1v) is 7.50. The van der Waals surface area contributed by atoms with E-state index in [1.807, 2.05) is 24.3 Å². The zero-order valence-electron chi connectivity index (χ0n) is 10.4. The molecule has 1 heterocycles. The zero-order chi connectivity index (χ0) is 14.2. The van der Waals surface area contributed by atoms with E-state index in [1.165, 1.54) is 11.8 Å². The molecule has 0 atom stereocenters. The van der Waals surface area contributed by atoms with Gasteiger partial charge >= 0.3 is 0 Å². The second kappa shape index (κ2) is 7.76. The van der Waals surface area contributed by atoms with Crippen LogP contribution in [0.3, 0.4) is 0 Å². The van der Waals surface area contributed by atoms with Crippen molar-refractivity contribution >= 4 is 39.8 Å². The van der Waals surface area contributed by atoms with Gasteiger partial charge in [0.2, 0.25) is 0 Å². The van der Waals surface area contributed by atoms with E-state index in [0.29, 0.717) is 5.16 Å². The van der Waals surface area contributed by atoms with Gasteiger partial charge in [-0.25, -0.2) is 15.4 Å². The number of halogens is 1. The van der Waals surface area contributed by atoms with E-state index in [1.54, 1.807) is 24.7 Å². The predicted octanol–water partition coefficient (Wildman–Crippen LogP) is 2.48. The molecule has 0 saturated heterocycles. The van der Waals surface area contributed by atoms with Crippen LogP contribution in [0.25, 0.3) is 0 Å². The van der Waals surface area contributed by atoms with E-state index in [4.69, 9.17) is 0 Å². The Labute approximate surface area is 129 Å². The highest BCUT2D eigenvalue weighted by atomic mass is 79.9. The molecular formula is C13H11BrN4OS. The molecule has 2 rings (SSSR count). The number of hydrogen-bond donors (Lipinski definition) is 1. The third-order valence-electron chi connectivity index (χ3n) is 2.17. The summed E-state index contributed by atoms with van der Waals surface area (Å²) in [5.41, 5.74) is 3.36. The first kappa shape index (κ1) is 14.7. The van der Waals surface area contributed by atoms with E-state index in [9.17, 15) is 4.79 Å². The summed E-state index contributed by atoms with van der Waals surface area (Å²) in [6, 6.07) is 9.34. The van der Waals surface area contributed by atoms with Crippen molar-refractivity contribution < 1.29 is 4.79 Å². The van der Waals surface area contributed by atoms with Gasteiger partial charge in [0.15, 0.2) is 5.16 Å². The molecule has 0 unspecified atom stereocenters. The highest BCUT2D eigenvalue weighted by Gasteiger charge is 2.02. The van der Waals surface area contributed by atoms with E-state index >= 15 is 0 Å². The van der Waals surface area contributed by atoms with Gasteiger partial charge in [-0.15, -0.1) is 0 Å². The van der Waals surface area contributed by atoms with Gasteiger partial charge in [-0.1, -0.05) is 45.9 Å². The van der Waals surface area contributed by atoms with Crippen LogP contribution in [0.15, 0.2) is 57.5 Å². The molecule has 0 aliphatic rings. The fraction of sp³-hybridized carbons (Fsp3) is 0.0769. The minimum atomic E-state index is -0.203. The molecule has 102 valence electrons. The van der Waals surface area contributed by atoms with Gasteiger partial charge in [0.05, 0.1) is 12.0 Å². The molecule has 0 saturated carbocycles. The first-order valence-electron chi connectivity index (χ1n) is 5.72. The molecule has 7 heteroatoms. The van der Waals surface area contributed by atoms with Crippen molar-refractivity contribution in [3.05, 3.63) is 52.8 Å². The number of benzene rings is 1. The molecule has 0 fully saturated rings. The summed E-state index contributed by atoms with van der Waals surface area (Å²) in [6.45, 7) is 0. The Kier molecular flexibility index (Phi) is 5.69. The maximum Gasteiger partial charge on any atom is 0.250 e. The Morgan fingerprint density at radius 1 is 1.30 bits per heavy atom. The molecule has 1 aromatic carbocycles. The second-order valence-electron chi connectivity index (χ2n) is 3.63. The Morgan fingerprint density at radius 3 is 2.80 bits per heavy atom. The lowest BCUT2D eigenvalue weighted by molar-refractivity contribution is -0.118. The summed E-state index contributed by atoms with van der Waals surface area (Å²) in [5.74, 6) is 0.0166. The predicted molar refractivity (Wildman–Crippen MR) is 82.6 cm³/mol. The molecule has 1 N–H and O–H groups in total. The molecule has 0 aliphatic carbocycles. The molecule has 1 aromatic heterocycles. The van der Waals surface area contributed by atoms with Crippen molar-refractivity contribution in [2.24, 2.45) is 5.10 Å². The maximum atomic E-state index is 11.6. The number of carbonyl (C=O) groups excluding carboxylic acids is 1. The van der Waals surface area contributed by atoms with Gasteiger partial charge in [0, 0.05) is 22.4 Å². The summed E-state index contributed by atoms with van der Waals surface area (Å²) in [5, 5.41) is 4.47. The smallest absolute Gasteiger partial charge is 0.250 e. The highest BCUT2D eigenvalue weighted by Crippen LogP contribution is 2.13. The third-order valence-corrected chi connectivity index (χ3v) is 3.77. The number of nitrogens with zero attached hydrogens (tertiary/aromatic N) is 3. The zero-order valence-corrected chi connectivity index (χ0v) is 12.8. The maximum absolute atomic E-state index is 11.6. The Hall–Kier alpha value is -1.73. The highest BCUT2D eigenvalue weighted by molar-refractivity contribution is 9.10. The summed E-state index contributed by atoms with van der Waals surface area (Å²) >= 11 is 4.66. The number of nitrogens with one attached hydrogen (secondary N) is 1. The van der Waals surface area contributed by atoms with Crippen LogP contribution in [0.5, 0.6) is 0 Å². The molecule has 0 bridgehead atoms. The largest absolute Gasteiger partial charge is 0.272 e. The van der Waals surface area contributed by atoms with Crippen molar-refractivity contribution in [3.63, 3.8) is 0 Å². The number of amides is 1. The minimum absolute atomic E-state index is 0.203. The Bertz CT molecular complexity index is 606. The van der Waals surface area contributed by atoms with Crippen LogP contribution in [0.1, 0.15) is 5.56 Å². The first-order chi connectivity index (χ1) is 9.75. The molecule has 5 nitrogen and oxygen atoms in total. The third kappa shape index (κ3) is 4.75. The van der Waals surface area contributed by atoms with E-state index in [2.05, 4.69) is 36.4 Å². The lowest BCUT2D eigenvalue weighted by Gasteiger charge is -1.99. The minimum Gasteiger partial charge on any atom is -0.272 e. The monoisotopic (exact) mass is 350 g/mol. The van der Waals surface area contributed by atoms with E-state index < -0.39 is 0 Å². The average Bonchev–Trinajstić information content (AvgIpc) is 2.48. The molecule has 0 aliphatic heterocycles. The molecule has 1 amide bonds. The van der Waals surface area contributed by atoms with Crippen LogP contribution in [0, 0.1) is 0 Å². The van der Waals surface area contributed by atoms with Crippen LogP contribution < -0.4 is 5.43 Å². The van der Waals surface area contributed by atoms with Crippen molar-refractivity contribution in [1.82, 2.24) is 15.4 Å². The van der Waals surface area contributed by atoms with Gasteiger partial charge in [-0.05, 0) is 12.1 Å². The van der Waals surface area contributed by atoms with Gasteiger partial charge in [0.25, 0.3) is 5.91 Å². The normalized spacial score (nSPS) is 10.7. The second-order valence-corrected chi connectivity index (χ2v) is 5.43. The standard InChI is InChI=1S/C13H11BrN4OS/c14-11-5-2-1-4-10(11)8-17-18-12(19)9-20-13-15-6-3-7-16-13/h1-8H,9H2,(H,18,19)/b17-8-. The molecule has 20 heavy (non-hydrogen) atoms. The van der Waals surface area contributed by atoms with Gasteiger partial charge in [0.1, 0.15) is 0 Å². The van der Waals surface area contributed by atoms with Crippen molar-refractivity contribution in [2.45, 2.75) is 5.16 Å². The topological polar surface area (TPSA) is 67.2 Å². The number of carbonyl (C=O) groups is 1. The number of aromatic nitrogens is 2. The quantitative estimate of drug-likeness (QED) is 0.389. The van der Waals surface area contributed by atoms with Gasteiger partial charge in [-0.3, -0.25) is 4.79 Å². The number of thioether (sulfide) groups is 1. The van der Waals surface area contributed by atoms with Gasteiger partial charge < -0.3 is 0 Å². The van der Waals surface area contributed by atoms with Crippen LogP contribution >= 0.6 is 27.7 Å². The number of rotatable bonds is 5. The summed E-state index contributed by atoms with van der Waals surface area (Å²) < 4.78 is 0.921. The number of hydrogen-bond acceptors (Lipinski definition) is 5. The molecular weight excluding hydrogens is 340 g/mol. The van der Waals surface area contributed by atoms with E-state index in [-0.39, 0.29) is 11.7 Å². The fourth-order valence-corrected chi connectivity index (χ4v) is 2.26. The summed E-state index contributed by atoms with van der Waals surface area (Å²) in [6.07, 6.45) is 4.86. The van der Waals surface area contributed by atoms with Crippen LogP contribution in [-0.4, -0.2) is 27.8 Å². The lowest BCUT2D eigenvalue weighted by atomic mass is 10.2. The summed E-state index contributed by atoms with van der Waals surface area (Å²) in [7, 11) is 0. The van der Waals surface area contributed by atoms with Crippen LogP contribution in [-0.2, 0) is 4.79 Å². The average molecular weight is 351 g/mol. The van der Waals surface area contributed by atoms with Crippen molar-refractivity contribution in [1.29, 1.82) is 0 Å². The lowest BCUT2D eigenvalue weighted by Crippen LogP contribution is -2.19. The molecule has 0 spiro atoms. The van der Waals surface area contributed by atoms with Crippen LogP contribution in [0.2, 0.25) is 0 Å². The molecule has 2 aromatic rings.